The van der Waals surface area contributed by atoms with Gasteiger partial charge in [0.2, 0.25) is 0 Å². The summed E-state index contributed by atoms with van der Waals surface area (Å²) in [6.45, 7) is 15.2. The summed E-state index contributed by atoms with van der Waals surface area (Å²) in [4.78, 5) is 3.90. The molecule has 0 spiro atoms. The molecule has 0 atom stereocenters. The maximum atomic E-state index is 3.90. The lowest BCUT2D eigenvalue weighted by Gasteiger charge is -2.07. The van der Waals surface area contributed by atoms with Gasteiger partial charge in [-0.15, -0.1) is 0 Å². The van der Waals surface area contributed by atoms with E-state index in [2.05, 4.69) is 31.8 Å². The van der Waals surface area contributed by atoms with Gasteiger partial charge in [0, 0.05) is 5.70 Å². The molecule has 0 saturated heterocycles. The summed E-state index contributed by atoms with van der Waals surface area (Å²) in [5.74, 6) is 0. The van der Waals surface area contributed by atoms with Crippen LogP contribution >= 0.6 is 0 Å². The Morgan fingerprint density at radius 3 is 2.42 bits per heavy atom. The number of allylic oxidation sites excluding steroid dienone is 4. The summed E-state index contributed by atoms with van der Waals surface area (Å²) < 4.78 is 0. The summed E-state index contributed by atoms with van der Waals surface area (Å²) in [6.07, 6.45) is 3.85. The fourth-order valence-corrected chi connectivity index (χ4v) is 1.04. The van der Waals surface area contributed by atoms with Crippen LogP contribution in [0.25, 0.3) is 0 Å². The van der Waals surface area contributed by atoms with Gasteiger partial charge in [-0.3, -0.25) is 4.99 Å². The van der Waals surface area contributed by atoms with E-state index >= 15 is 0 Å². The normalized spacial score (nSPS) is 11.8. The molecule has 1 nitrogen and oxygen atoms in total. The van der Waals surface area contributed by atoms with Crippen molar-refractivity contribution in [2.75, 3.05) is 0 Å². The van der Waals surface area contributed by atoms with Crippen LogP contribution < -0.4 is 0 Å². The zero-order chi connectivity index (χ0) is 9.56. The monoisotopic (exact) mass is 163 g/mol. The lowest BCUT2D eigenvalue weighted by molar-refractivity contribution is 0.901. The quantitative estimate of drug-likeness (QED) is 0.434. The van der Waals surface area contributed by atoms with Crippen molar-refractivity contribution in [2.24, 2.45) is 4.99 Å². The highest BCUT2D eigenvalue weighted by molar-refractivity contribution is 5.41. The van der Waals surface area contributed by atoms with Crippen molar-refractivity contribution in [1.29, 1.82) is 0 Å². The van der Waals surface area contributed by atoms with E-state index in [0.29, 0.717) is 0 Å². The SMILES string of the molecule is C=CC(=C)/C(CCC)=C(/C)N=C. The number of hydrogen-bond donors (Lipinski definition) is 0. The molecule has 0 aromatic heterocycles. The highest BCUT2D eigenvalue weighted by Gasteiger charge is 2.01. The van der Waals surface area contributed by atoms with Crippen LogP contribution in [0.3, 0.4) is 0 Å². The summed E-state index contributed by atoms with van der Waals surface area (Å²) >= 11 is 0. The van der Waals surface area contributed by atoms with Crippen molar-refractivity contribution in [1.82, 2.24) is 0 Å². The molecule has 0 aliphatic rings. The van der Waals surface area contributed by atoms with Crippen LogP contribution in [0.4, 0.5) is 0 Å². The first-order valence-electron chi connectivity index (χ1n) is 4.15. The van der Waals surface area contributed by atoms with Crippen molar-refractivity contribution in [3.05, 3.63) is 36.1 Å². The predicted molar refractivity (Wildman–Crippen MR) is 56.5 cm³/mol. The van der Waals surface area contributed by atoms with Gasteiger partial charge in [0.15, 0.2) is 0 Å². The number of hydrogen-bond acceptors (Lipinski definition) is 1. The third-order valence-corrected chi connectivity index (χ3v) is 1.81. The van der Waals surface area contributed by atoms with E-state index in [1.54, 1.807) is 6.08 Å². The second kappa shape index (κ2) is 5.53. The first-order valence-corrected chi connectivity index (χ1v) is 4.15. The van der Waals surface area contributed by atoms with Gasteiger partial charge < -0.3 is 0 Å². The molecule has 66 valence electrons. The van der Waals surface area contributed by atoms with E-state index in [0.717, 1.165) is 24.1 Å². The standard InChI is InChI=1S/C11H17N/c1-6-8-11(9(3)7-2)10(4)12-5/h7H,2-3,5-6,8H2,1,4H3/b11-10-. The maximum absolute atomic E-state index is 3.90. The van der Waals surface area contributed by atoms with Crippen molar-refractivity contribution in [3.8, 4) is 0 Å². The molecule has 0 aliphatic heterocycles. The van der Waals surface area contributed by atoms with Crippen LogP contribution in [-0.2, 0) is 0 Å². The van der Waals surface area contributed by atoms with Crippen LogP contribution in [0, 0.1) is 0 Å². The van der Waals surface area contributed by atoms with E-state index in [4.69, 9.17) is 0 Å². The molecule has 0 heterocycles. The average molecular weight is 163 g/mol. The molecular formula is C11H17N. The highest BCUT2D eigenvalue weighted by atomic mass is 14.7. The van der Waals surface area contributed by atoms with Gasteiger partial charge >= 0.3 is 0 Å². The van der Waals surface area contributed by atoms with E-state index in [9.17, 15) is 0 Å². The van der Waals surface area contributed by atoms with Crippen LogP contribution in [0.2, 0.25) is 0 Å². The second-order valence-corrected chi connectivity index (χ2v) is 2.70. The lowest BCUT2D eigenvalue weighted by Crippen LogP contribution is -1.89. The molecule has 0 bridgehead atoms. The van der Waals surface area contributed by atoms with E-state index in [1.165, 1.54) is 5.57 Å². The van der Waals surface area contributed by atoms with Crippen molar-refractivity contribution in [3.63, 3.8) is 0 Å². The van der Waals surface area contributed by atoms with Gasteiger partial charge in [-0.2, -0.15) is 0 Å². The first kappa shape index (κ1) is 10.9. The minimum Gasteiger partial charge on any atom is -0.269 e. The van der Waals surface area contributed by atoms with Crippen molar-refractivity contribution in [2.45, 2.75) is 26.7 Å². The lowest BCUT2D eigenvalue weighted by atomic mass is 10.0. The van der Waals surface area contributed by atoms with E-state index in [1.807, 2.05) is 6.92 Å². The molecule has 0 fully saturated rings. The van der Waals surface area contributed by atoms with Gasteiger partial charge in [0.1, 0.15) is 0 Å². The summed E-state index contributed by atoms with van der Waals surface area (Å²) in [5, 5.41) is 0. The Labute approximate surface area is 75.2 Å². The van der Waals surface area contributed by atoms with E-state index in [-0.39, 0.29) is 0 Å². The fourth-order valence-electron chi connectivity index (χ4n) is 1.04. The molecule has 0 aliphatic carbocycles. The van der Waals surface area contributed by atoms with Crippen LogP contribution in [0.5, 0.6) is 0 Å². The molecule has 0 aromatic rings. The molecular weight excluding hydrogens is 146 g/mol. The summed E-state index contributed by atoms with van der Waals surface area (Å²) in [5.41, 5.74) is 3.09. The molecule has 12 heavy (non-hydrogen) atoms. The summed E-state index contributed by atoms with van der Waals surface area (Å²) in [7, 11) is 0. The van der Waals surface area contributed by atoms with Crippen LogP contribution in [-0.4, -0.2) is 6.72 Å². The number of nitrogens with zero attached hydrogens (tertiary/aromatic N) is 1. The van der Waals surface area contributed by atoms with Gasteiger partial charge in [0.05, 0.1) is 0 Å². The number of aliphatic imine (C=N–C) groups is 1. The molecule has 0 saturated carbocycles. The smallest absolute Gasteiger partial charge is 0.0403 e. The van der Waals surface area contributed by atoms with Gasteiger partial charge in [-0.1, -0.05) is 32.6 Å². The van der Waals surface area contributed by atoms with Crippen molar-refractivity contribution < 1.29 is 0 Å². The molecule has 0 unspecified atom stereocenters. The predicted octanol–water partition coefficient (Wildman–Crippen LogP) is 3.50. The van der Waals surface area contributed by atoms with Gasteiger partial charge in [-0.25, -0.2) is 0 Å². The van der Waals surface area contributed by atoms with E-state index < -0.39 is 0 Å². The largest absolute Gasteiger partial charge is 0.269 e. The Balaban J connectivity index is 4.75. The second-order valence-electron chi connectivity index (χ2n) is 2.70. The fraction of sp³-hybridized carbons (Fsp3) is 0.364. The minimum absolute atomic E-state index is 0.960. The third-order valence-electron chi connectivity index (χ3n) is 1.81. The molecule has 0 radical (unpaired) electrons. The van der Waals surface area contributed by atoms with Crippen molar-refractivity contribution >= 4 is 6.72 Å². The first-order chi connectivity index (χ1) is 5.67. The minimum atomic E-state index is 0.960. The molecule has 1 heteroatoms. The zero-order valence-corrected chi connectivity index (χ0v) is 8.06. The van der Waals surface area contributed by atoms with Gasteiger partial charge in [0.25, 0.3) is 0 Å². The Hall–Kier alpha value is -1.11. The molecule has 0 aromatic carbocycles. The molecule has 0 N–H and O–H groups in total. The molecule has 0 amide bonds. The third kappa shape index (κ3) is 2.87. The van der Waals surface area contributed by atoms with Crippen LogP contribution in [0.15, 0.2) is 41.1 Å². The highest BCUT2D eigenvalue weighted by Crippen LogP contribution is 2.19. The van der Waals surface area contributed by atoms with Crippen LogP contribution in [0.1, 0.15) is 26.7 Å². The van der Waals surface area contributed by atoms with Gasteiger partial charge in [-0.05, 0) is 31.2 Å². The topological polar surface area (TPSA) is 12.4 Å². The Kier molecular flexibility index (Phi) is 5.02. The molecule has 0 rings (SSSR count). The maximum Gasteiger partial charge on any atom is 0.0403 e. The summed E-state index contributed by atoms with van der Waals surface area (Å²) in [6, 6.07) is 0. The Morgan fingerprint density at radius 2 is 2.08 bits per heavy atom. The Bertz CT molecular complexity index is 221. The Morgan fingerprint density at radius 1 is 1.50 bits per heavy atom. The number of rotatable bonds is 5. The average Bonchev–Trinajstić information content (AvgIpc) is 2.11. The zero-order valence-electron chi connectivity index (χ0n) is 8.06.